The van der Waals surface area contributed by atoms with Gasteiger partial charge in [0, 0.05) is 17.8 Å². The van der Waals surface area contributed by atoms with Crippen molar-refractivity contribution in [3.05, 3.63) is 12.2 Å². The van der Waals surface area contributed by atoms with Gasteiger partial charge in [0.05, 0.1) is 18.6 Å². The van der Waals surface area contributed by atoms with Gasteiger partial charge in [0.25, 0.3) is 0 Å². The van der Waals surface area contributed by atoms with Gasteiger partial charge in [-0.15, -0.1) is 0 Å². The first-order valence-corrected chi connectivity index (χ1v) is 12.4. The second-order valence-electron chi connectivity index (χ2n) is 7.99. The number of rotatable bonds is 18. The van der Waals surface area contributed by atoms with Crippen LogP contribution in [0, 0.1) is 5.41 Å². The number of unbranched alkanes of at least 4 members (excludes halogenated alkanes) is 10. The van der Waals surface area contributed by atoms with Crippen LogP contribution in [-0.2, 0) is 23.8 Å². The molecule has 5 nitrogen and oxygen atoms in total. The van der Waals surface area contributed by atoms with E-state index in [1.165, 1.54) is 63.9 Å². The molecule has 0 aromatic rings. The second-order valence-corrected chi connectivity index (χ2v) is 8.78. The minimum absolute atomic E-state index is 0.164. The highest BCUT2D eigenvalue weighted by Gasteiger charge is 2.37. The van der Waals surface area contributed by atoms with E-state index in [1.807, 2.05) is 0 Å². The van der Waals surface area contributed by atoms with E-state index in [1.54, 1.807) is 6.08 Å². The Kier molecular flexibility index (Phi) is 15.2. The molecule has 168 valence electrons. The second kappa shape index (κ2) is 16.9. The van der Waals surface area contributed by atoms with Crippen LogP contribution in [0.25, 0.3) is 0 Å². The van der Waals surface area contributed by atoms with E-state index in [0.29, 0.717) is 31.6 Å². The molecule has 0 saturated carbocycles. The summed E-state index contributed by atoms with van der Waals surface area (Å²) in [6, 6.07) is 0. The number of hydrogen-bond acceptors (Lipinski definition) is 5. The molecule has 1 rings (SSSR count). The van der Waals surface area contributed by atoms with Crippen molar-refractivity contribution in [3.8, 4) is 0 Å². The number of hydrogen-bond donors (Lipinski definition) is 0. The van der Waals surface area contributed by atoms with E-state index in [2.05, 4.69) is 22.9 Å². The fourth-order valence-electron chi connectivity index (χ4n) is 3.25. The van der Waals surface area contributed by atoms with Gasteiger partial charge in [-0.1, -0.05) is 93.1 Å². The molecule has 0 bridgehead atoms. The summed E-state index contributed by atoms with van der Waals surface area (Å²) in [4.78, 5) is 23.6. The van der Waals surface area contributed by atoms with Crippen LogP contribution in [0.3, 0.4) is 0 Å². The topological polar surface area (TPSA) is 61.8 Å². The first-order chi connectivity index (χ1) is 14.1. The van der Waals surface area contributed by atoms with E-state index < -0.39 is 0 Å². The molecule has 1 fully saturated rings. The molecule has 1 aliphatic heterocycles. The molecule has 1 heterocycles. The van der Waals surface area contributed by atoms with Crippen LogP contribution in [0.5, 0.6) is 0 Å². The summed E-state index contributed by atoms with van der Waals surface area (Å²) in [5, 5.41) is 0.609. The van der Waals surface area contributed by atoms with E-state index in [-0.39, 0.29) is 24.0 Å². The van der Waals surface area contributed by atoms with Gasteiger partial charge in [-0.3, -0.25) is 4.79 Å². The molecular weight excluding hydrogens is 436 g/mol. The Morgan fingerprint density at radius 1 is 0.931 bits per heavy atom. The van der Waals surface area contributed by atoms with E-state index >= 15 is 0 Å². The monoisotopic (exact) mass is 474 g/mol. The molecule has 29 heavy (non-hydrogen) atoms. The van der Waals surface area contributed by atoms with E-state index in [4.69, 9.17) is 14.2 Å². The summed E-state index contributed by atoms with van der Waals surface area (Å²) >= 11 is 3.21. The Balaban J connectivity index is 2.04. The standard InChI is InChI=1S/C23H39BrO5/c1-2-3-4-5-6-7-8-9-10-11-12-13-21(25)29-20-23(18-27-19-23)15-14-22(26)28-17-16-24/h14-15H,2-13,16-20H2,1H3/b15-14+. The highest BCUT2D eigenvalue weighted by Crippen LogP contribution is 2.30. The highest BCUT2D eigenvalue weighted by atomic mass is 79.9. The lowest BCUT2D eigenvalue weighted by Crippen LogP contribution is -2.45. The van der Waals surface area contributed by atoms with Crippen molar-refractivity contribution in [1.82, 2.24) is 0 Å². The number of halogens is 1. The number of ether oxygens (including phenoxy) is 3. The van der Waals surface area contributed by atoms with Crippen LogP contribution < -0.4 is 0 Å². The molecule has 0 radical (unpaired) electrons. The molecule has 1 saturated heterocycles. The third-order valence-electron chi connectivity index (χ3n) is 5.18. The van der Waals surface area contributed by atoms with Crippen LogP contribution in [0.15, 0.2) is 12.2 Å². The zero-order valence-corrected chi connectivity index (χ0v) is 19.7. The van der Waals surface area contributed by atoms with Crippen molar-refractivity contribution in [1.29, 1.82) is 0 Å². The molecule has 6 heteroatoms. The van der Waals surface area contributed by atoms with Crippen LogP contribution in [0.2, 0.25) is 0 Å². The zero-order valence-electron chi connectivity index (χ0n) is 18.1. The van der Waals surface area contributed by atoms with Crippen LogP contribution in [-0.4, -0.2) is 43.7 Å². The van der Waals surface area contributed by atoms with E-state index in [0.717, 1.165) is 12.8 Å². The number of esters is 2. The molecule has 0 unspecified atom stereocenters. The van der Waals surface area contributed by atoms with Gasteiger partial charge in [-0.2, -0.15) is 0 Å². The first kappa shape index (κ1) is 26.2. The molecule has 0 aliphatic carbocycles. The number of alkyl halides is 1. The highest BCUT2D eigenvalue weighted by molar-refractivity contribution is 9.09. The van der Waals surface area contributed by atoms with Gasteiger partial charge in [0.1, 0.15) is 13.2 Å². The zero-order chi connectivity index (χ0) is 21.2. The molecule has 0 amide bonds. The number of carbonyl (C=O) groups is 2. The lowest BCUT2D eigenvalue weighted by atomic mass is 9.86. The lowest BCUT2D eigenvalue weighted by molar-refractivity contribution is -0.159. The van der Waals surface area contributed by atoms with Gasteiger partial charge < -0.3 is 14.2 Å². The molecule has 0 spiro atoms. The van der Waals surface area contributed by atoms with Gasteiger partial charge in [0.2, 0.25) is 0 Å². The van der Waals surface area contributed by atoms with Gasteiger partial charge in [-0.25, -0.2) is 4.79 Å². The fourth-order valence-corrected chi connectivity index (χ4v) is 3.42. The van der Waals surface area contributed by atoms with Crippen molar-refractivity contribution in [2.75, 3.05) is 31.8 Å². The van der Waals surface area contributed by atoms with Crippen molar-refractivity contribution in [3.63, 3.8) is 0 Å². The Bertz CT molecular complexity index is 474. The number of carbonyl (C=O) groups excluding carboxylic acids is 2. The predicted octanol–water partition coefficient (Wildman–Crippen LogP) is 5.74. The summed E-state index contributed by atoms with van der Waals surface area (Å²) in [7, 11) is 0. The van der Waals surface area contributed by atoms with Crippen LogP contribution in [0.1, 0.15) is 84.0 Å². The smallest absolute Gasteiger partial charge is 0.330 e. The average molecular weight is 475 g/mol. The van der Waals surface area contributed by atoms with Crippen molar-refractivity contribution in [2.45, 2.75) is 84.0 Å². The summed E-state index contributed by atoms with van der Waals surface area (Å²) in [6.07, 6.45) is 17.5. The molecular formula is C23H39BrO5. The van der Waals surface area contributed by atoms with Gasteiger partial charge >= 0.3 is 11.9 Å². The summed E-state index contributed by atoms with van der Waals surface area (Å²) in [6.45, 7) is 3.76. The van der Waals surface area contributed by atoms with Crippen LogP contribution >= 0.6 is 15.9 Å². The van der Waals surface area contributed by atoms with E-state index in [9.17, 15) is 9.59 Å². The molecule has 0 atom stereocenters. The third-order valence-corrected chi connectivity index (χ3v) is 5.50. The Morgan fingerprint density at radius 2 is 1.52 bits per heavy atom. The van der Waals surface area contributed by atoms with Crippen molar-refractivity contribution >= 4 is 27.9 Å². The maximum absolute atomic E-state index is 12.0. The maximum Gasteiger partial charge on any atom is 0.330 e. The molecule has 1 aliphatic rings. The normalized spacial score (nSPS) is 15.2. The summed E-state index contributed by atoms with van der Waals surface area (Å²) in [5.74, 6) is -0.550. The van der Waals surface area contributed by atoms with Crippen molar-refractivity contribution in [2.24, 2.45) is 5.41 Å². The van der Waals surface area contributed by atoms with Crippen LogP contribution in [0.4, 0.5) is 0 Å². The quantitative estimate of drug-likeness (QED) is 0.109. The van der Waals surface area contributed by atoms with Gasteiger partial charge in [-0.05, 0) is 6.42 Å². The third kappa shape index (κ3) is 13.1. The Hall–Kier alpha value is -0.880. The van der Waals surface area contributed by atoms with Crippen molar-refractivity contribution < 1.29 is 23.8 Å². The average Bonchev–Trinajstić information content (AvgIpc) is 2.69. The summed E-state index contributed by atoms with van der Waals surface area (Å²) < 4.78 is 15.7. The minimum Gasteiger partial charge on any atom is -0.465 e. The lowest BCUT2D eigenvalue weighted by Gasteiger charge is -2.38. The fraction of sp³-hybridized carbons (Fsp3) is 0.826. The Labute approximate surface area is 185 Å². The predicted molar refractivity (Wildman–Crippen MR) is 119 cm³/mol. The molecule has 0 aromatic carbocycles. The summed E-state index contributed by atoms with van der Waals surface area (Å²) in [5.41, 5.74) is -0.389. The first-order valence-electron chi connectivity index (χ1n) is 11.3. The maximum atomic E-state index is 12.0. The Morgan fingerprint density at radius 3 is 2.03 bits per heavy atom. The minimum atomic E-state index is -0.389. The molecule has 0 N–H and O–H groups in total. The molecule has 0 aromatic heterocycles. The largest absolute Gasteiger partial charge is 0.465 e. The SMILES string of the molecule is CCCCCCCCCCCCCC(=O)OCC1(/C=C/C(=O)OCCBr)COC1. The van der Waals surface area contributed by atoms with Gasteiger partial charge in [0.15, 0.2) is 0 Å².